The second-order valence-corrected chi connectivity index (χ2v) is 5.01. The summed E-state index contributed by atoms with van der Waals surface area (Å²) < 4.78 is 0. The average Bonchev–Trinajstić information content (AvgIpc) is 2.39. The first-order valence-corrected chi connectivity index (χ1v) is 6.85. The molecule has 2 nitrogen and oxygen atoms in total. The molecule has 0 spiro atoms. The minimum absolute atomic E-state index is 0. The van der Waals surface area contributed by atoms with Crippen LogP contribution >= 0.6 is 12.4 Å². The standard InChI is InChI=1S/C15H24N2.ClH/c1-2-16-12-14-8-10-17(11-9-14)13-15-6-4-3-5-7-15;/h3-7,14,16H,2,8-13H2,1H3;1H. The van der Waals surface area contributed by atoms with E-state index in [1.807, 2.05) is 0 Å². The van der Waals surface area contributed by atoms with Crippen LogP contribution < -0.4 is 5.32 Å². The number of hydrogen-bond donors (Lipinski definition) is 1. The van der Waals surface area contributed by atoms with Gasteiger partial charge in [-0.05, 0) is 50.5 Å². The van der Waals surface area contributed by atoms with E-state index in [-0.39, 0.29) is 12.4 Å². The van der Waals surface area contributed by atoms with Crippen LogP contribution in [0.4, 0.5) is 0 Å². The van der Waals surface area contributed by atoms with Gasteiger partial charge in [-0.2, -0.15) is 0 Å². The van der Waals surface area contributed by atoms with Crippen molar-refractivity contribution in [2.24, 2.45) is 5.92 Å². The van der Waals surface area contributed by atoms with Crippen LogP contribution in [0.1, 0.15) is 25.3 Å². The molecule has 0 bridgehead atoms. The van der Waals surface area contributed by atoms with Crippen LogP contribution in [0.15, 0.2) is 30.3 Å². The van der Waals surface area contributed by atoms with Gasteiger partial charge in [0, 0.05) is 6.54 Å². The average molecular weight is 269 g/mol. The number of hydrogen-bond acceptors (Lipinski definition) is 2. The topological polar surface area (TPSA) is 15.3 Å². The van der Waals surface area contributed by atoms with Gasteiger partial charge in [0.25, 0.3) is 0 Å². The Morgan fingerprint density at radius 2 is 1.83 bits per heavy atom. The van der Waals surface area contributed by atoms with E-state index in [2.05, 4.69) is 47.5 Å². The Kier molecular flexibility index (Phi) is 7.33. The molecular weight excluding hydrogens is 244 g/mol. The van der Waals surface area contributed by atoms with Crippen molar-refractivity contribution < 1.29 is 0 Å². The van der Waals surface area contributed by atoms with Gasteiger partial charge in [0.2, 0.25) is 0 Å². The fourth-order valence-corrected chi connectivity index (χ4v) is 2.54. The highest BCUT2D eigenvalue weighted by molar-refractivity contribution is 5.85. The van der Waals surface area contributed by atoms with Crippen molar-refractivity contribution in [1.82, 2.24) is 10.2 Å². The van der Waals surface area contributed by atoms with E-state index in [0.29, 0.717) is 0 Å². The van der Waals surface area contributed by atoms with Crippen molar-refractivity contribution in [3.05, 3.63) is 35.9 Å². The Morgan fingerprint density at radius 3 is 2.44 bits per heavy atom. The zero-order valence-corrected chi connectivity index (χ0v) is 12.1. The van der Waals surface area contributed by atoms with Crippen LogP contribution in [-0.2, 0) is 6.54 Å². The normalized spacial score (nSPS) is 17.4. The lowest BCUT2D eigenvalue weighted by Gasteiger charge is -2.32. The Bertz CT molecular complexity index is 308. The third kappa shape index (κ3) is 4.97. The minimum atomic E-state index is 0. The van der Waals surface area contributed by atoms with E-state index in [1.54, 1.807) is 0 Å². The van der Waals surface area contributed by atoms with Crippen LogP contribution in [0.25, 0.3) is 0 Å². The summed E-state index contributed by atoms with van der Waals surface area (Å²) >= 11 is 0. The molecule has 0 aliphatic carbocycles. The van der Waals surface area contributed by atoms with Crippen molar-refractivity contribution in [3.8, 4) is 0 Å². The first-order chi connectivity index (χ1) is 8.38. The molecular formula is C15H25ClN2. The quantitative estimate of drug-likeness (QED) is 0.883. The predicted octanol–water partition coefficient (Wildman–Crippen LogP) is 2.93. The molecule has 1 aromatic carbocycles. The predicted molar refractivity (Wildman–Crippen MR) is 80.2 cm³/mol. The van der Waals surface area contributed by atoms with Gasteiger partial charge < -0.3 is 5.32 Å². The van der Waals surface area contributed by atoms with Crippen molar-refractivity contribution in [3.63, 3.8) is 0 Å². The van der Waals surface area contributed by atoms with Crippen LogP contribution in [0.2, 0.25) is 0 Å². The van der Waals surface area contributed by atoms with Gasteiger partial charge in [0.15, 0.2) is 0 Å². The fraction of sp³-hybridized carbons (Fsp3) is 0.600. The third-order valence-electron chi connectivity index (χ3n) is 3.64. The van der Waals surface area contributed by atoms with E-state index < -0.39 is 0 Å². The number of benzene rings is 1. The van der Waals surface area contributed by atoms with Crippen molar-refractivity contribution in [2.75, 3.05) is 26.2 Å². The second-order valence-electron chi connectivity index (χ2n) is 5.01. The van der Waals surface area contributed by atoms with Gasteiger partial charge in [-0.3, -0.25) is 4.90 Å². The summed E-state index contributed by atoms with van der Waals surface area (Å²) in [4.78, 5) is 2.58. The zero-order valence-electron chi connectivity index (χ0n) is 11.3. The van der Waals surface area contributed by atoms with Gasteiger partial charge in [0.1, 0.15) is 0 Å². The largest absolute Gasteiger partial charge is 0.317 e. The summed E-state index contributed by atoms with van der Waals surface area (Å²) in [6, 6.07) is 10.8. The van der Waals surface area contributed by atoms with E-state index in [1.165, 1.54) is 38.0 Å². The van der Waals surface area contributed by atoms with E-state index in [0.717, 1.165) is 19.0 Å². The first-order valence-electron chi connectivity index (χ1n) is 6.85. The lowest BCUT2D eigenvalue weighted by molar-refractivity contribution is 0.176. The van der Waals surface area contributed by atoms with E-state index in [4.69, 9.17) is 0 Å². The molecule has 102 valence electrons. The summed E-state index contributed by atoms with van der Waals surface area (Å²) in [6.45, 7) is 8.12. The van der Waals surface area contributed by atoms with Crippen molar-refractivity contribution >= 4 is 12.4 Å². The third-order valence-corrected chi connectivity index (χ3v) is 3.64. The molecule has 1 aliphatic heterocycles. The summed E-state index contributed by atoms with van der Waals surface area (Å²) in [7, 11) is 0. The molecule has 1 fully saturated rings. The van der Waals surface area contributed by atoms with Crippen molar-refractivity contribution in [1.29, 1.82) is 0 Å². The fourth-order valence-electron chi connectivity index (χ4n) is 2.54. The van der Waals surface area contributed by atoms with Gasteiger partial charge >= 0.3 is 0 Å². The number of piperidine rings is 1. The maximum Gasteiger partial charge on any atom is 0.0233 e. The number of nitrogens with zero attached hydrogens (tertiary/aromatic N) is 1. The molecule has 18 heavy (non-hydrogen) atoms. The monoisotopic (exact) mass is 268 g/mol. The Balaban J connectivity index is 0.00000162. The zero-order chi connectivity index (χ0) is 11.9. The molecule has 0 amide bonds. The highest BCUT2D eigenvalue weighted by Crippen LogP contribution is 2.18. The number of likely N-dealkylation sites (tertiary alicyclic amines) is 1. The minimum Gasteiger partial charge on any atom is -0.317 e. The molecule has 0 unspecified atom stereocenters. The highest BCUT2D eigenvalue weighted by Gasteiger charge is 2.18. The summed E-state index contributed by atoms with van der Waals surface area (Å²) in [5.74, 6) is 0.891. The molecule has 0 radical (unpaired) electrons. The molecule has 1 aliphatic rings. The van der Waals surface area contributed by atoms with Crippen molar-refractivity contribution in [2.45, 2.75) is 26.3 Å². The van der Waals surface area contributed by atoms with Gasteiger partial charge in [-0.15, -0.1) is 12.4 Å². The lowest BCUT2D eigenvalue weighted by Crippen LogP contribution is -2.36. The van der Waals surface area contributed by atoms with Gasteiger partial charge in [-0.25, -0.2) is 0 Å². The second kappa shape index (κ2) is 8.52. The molecule has 2 rings (SSSR count). The molecule has 1 N–H and O–H groups in total. The Labute approximate surface area is 117 Å². The van der Waals surface area contributed by atoms with E-state index in [9.17, 15) is 0 Å². The Hall–Kier alpha value is -0.570. The van der Waals surface area contributed by atoms with Crippen LogP contribution in [0.5, 0.6) is 0 Å². The summed E-state index contributed by atoms with van der Waals surface area (Å²) in [5.41, 5.74) is 1.44. The summed E-state index contributed by atoms with van der Waals surface area (Å²) in [6.07, 6.45) is 2.69. The molecule has 0 saturated carbocycles. The molecule has 1 saturated heterocycles. The maximum absolute atomic E-state index is 3.46. The molecule has 0 atom stereocenters. The SMILES string of the molecule is CCNCC1CCN(Cc2ccccc2)CC1.Cl. The summed E-state index contributed by atoms with van der Waals surface area (Å²) in [5, 5.41) is 3.46. The number of rotatable bonds is 5. The maximum atomic E-state index is 3.46. The van der Waals surface area contributed by atoms with Crippen LogP contribution in [-0.4, -0.2) is 31.1 Å². The van der Waals surface area contributed by atoms with Gasteiger partial charge in [-0.1, -0.05) is 37.3 Å². The lowest BCUT2D eigenvalue weighted by atomic mass is 9.96. The first kappa shape index (κ1) is 15.5. The van der Waals surface area contributed by atoms with E-state index >= 15 is 0 Å². The molecule has 1 aromatic rings. The molecule has 0 aromatic heterocycles. The van der Waals surface area contributed by atoms with Crippen LogP contribution in [0, 0.1) is 5.92 Å². The number of nitrogens with one attached hydrogen (secondary N) is 1. The Morgan fingerprint density at radius 1 is 1.17 bits per heavy atom. The molecule has 3 heteroatoms. The number of halogens is 1. The molecule has 1 heterocycles. The van der Waals surface area contributed by atoms with Gasteiger partial charge in [0.05, 0.1) is 0 Å². The highest BCUT2D eigenvalue weighted by atomic mass is 35.5. The smallest absolute Gasteiger partial charge is 0.0233 e. The van der Waals surface area contributed by atoms with Crippen LogP contribution in [0.3, 0.4) is 0 Å².